The van der Waals surface area contributed by atoms with E-state index in [1.807, 2.05) is 0 Å². The SMILES string of the molecule is CC1(C)CN(C(C)(C)C)CC1CN. The van der Waals surface area contributed by atoms with E-state index in [1.54, 1.807) is 0 Å². The van der Waals surface area contributed by atoms with E-state index in [0.717, 1.165) is 13.1 Å². The molecular formula is C11H24N2. The van der Waals surface area contributed by atoms with Crippen molar-refractivity contribution in [2.24, 2.45) is 17.1 Å². The van der Waals surface area contributed by atoms with Crippen molar-refractivity contribution in [3.8, 4) is 0 Å². The van der Waals surface area contributed by atoms with Crippen LogP contribution in [-0.4, -0.2) is 30.1 Å². The Morgan fingerprint density at radius 3 is 2.15 bits per heavy atom. The van der Waals surface area contributed by atoms with E-state index in [1.165, 1.54) is 6.54 Å². The molecule has 0 spiro atoms. The maximum atomic E-state index is 5.79. The first-order valence-electron chi connectivity index (χ1n) is 5.22. The fourth-order valence-electron chi connectivity index (χ4n) is 2.10. The molecule has 78 valence electrons. The third-order valence-electron chi connectivity index (χ3n) is 3.38. The normalized spacial score (nSPS) is 29.5. The summed E-state index contributed by atoms with van der Waals surface area (Å²) in [5, 5.41) is 0. The number of nitrogens with two attached hydrogens (primary N) is 1. The minimum Gasteiger partial charge on any atom is -0.330 e. The second kappa shape index (κ2) is 3.25. The molecule has 2 N–H and O–H groups in total. The quantitative estimate of drug-likeness (QED) is 0.672. The van der Waals surface area contributed by atoms with Crippen LogP contribution in [0.3, 0.4) is 0 Å². The molecule has 1 heterocycles. The maximum absolute atomic E-state index is 5.79. The largest absolute Gasteiger partial charge is 0.330 e. The van der Waals surface area contributed by atoms with Crippen LogP contribution in [0.5, 0.6) is 0 Å². The highest BCUT2D eigenvalue weighted by Gasteiger charge is 2.41. The Morgan fingerprint density at radius 1 is 1.38 bits per heavy atom. The minimum atomic E-state index is 0.293. The molecule has 1 aliphatic heterocycles. The van der Waals surface area contributed by atoms with Gasteiger partial charge in [-0.25, -0.2) is 0 Å². The molecule has 1 rings (SSSR count). The molecule has 0 aliphatic carbocycles. The Balaban J connectivity index is 2.70. The van der Waals surface area contributed by atoms with Gasteiger partial charge in [0.25, 0.3) is 0 Å². The molecule has 0 aromatic heterocycles. The Hall–Kier alpha value is -0.0800. The zero-order chi connectivity index (χ0) is 10.3. The van der Waals surface area contributed by atoms with Gasteiger partial charge in [0.1, 0.15) is 0 Å². The topological polar surface area (TPSA) is 29.3 Å². The fourth-order valence-corrected chi connectivity index (χ4v) is 2.10. The average molecular weight is 184 g/mol. The molecule has 0 aromatic carbocycles. The van der Waals surface area contributed by atoms with E-state index in [4.69, 9.17) is 5.73 Å². The maximum Gasteiger partial charge on any atom is 0.0125 e. The van der Waals surface area contributed by atoms with Gasteiger partial charge in [0.05, 0.1) is 0 Å². The third-order valence-corrected chi connectivity index (χ3v) is 3.38. The highest BCUT2D eigenvalue weighted by Crippen LogP contribution is 2.37. The van der Waals surface area contributed by atoms with Crippen LogP contribution in [0.25, 0.3) is 0 Å². The number of rotatable bonds is 1. The molecule has 1 saturated heterocycles. The van der Waals surface area contributed by atoms with Crippen molar-refractivity contribution in [2.75, 3.05) is 19.6 Å². The van der Waals surface area contributed by atoms with Crippen molar-refractivity contribution in [1.29, 1.82) is 0 Å². The van der Waals surface area contributed by atoms with Gasteiger partial charge in [-0.2, -0.15) is 0 Å². The number of hydrogen-bond donors (Lipinski definition) is 1. The zero-order valence-corrected chi connectivity index (χ0v) is 9.72. The third kappa shape index (κ3) is 2.23. The molecule has 2 heteroatoms. The van der Waals surface area contributed by atoms with Gasteiger partial charge in [0, 0.05) is 18.6 Å². The van der Waals surface area contributed by atoms with Crippen LogP contribution in [0.15, 0.2) is 0 Å². The molecule has 0 bridgehead atoms. The van der Waals surface area contributed by atoms with E-state index in [0.29, 0.717) is 16.9 Å². The van der Waals surface area contributed by atoms with Crippen LogP contribution in [0.2, 0.25) is 0 Å². The van der Waals surface area contributed by atoms with Gasteiger partial charge in [-0.1, -0.05) is 13.8 Å². The number of likely N-dealkylation sites (tertiary alicyclic amines) is 1. The molecule has 13 heavy (non-hydrogen) atoms. The predicted molar refractivity (Wildman–Crippen MR) is 57.7 cm³/mol. The summed E-state index contributed by atoms with van der Waals surface area (Å²) in [6, 6.07) is 0. The molecule has 1 atom stereocenters. The van der Waals surface area contributed by atoms with Gasteiger partial charge in [-0.05, 0) is 38.6 Å². The average Bonchev–Trinajstić information content (AvgIpc) is 2.23. The van der Waals surface area contributed by atoms with Crippen molar-refractivity contribution >= 4 is 0 Å². The fraction of sp³-hybridized carbons (Fsp3) is 1.00. The highest BCUT2D eigenvalue weighted by molar-refractivity contribution is 4.95. The predicted octanol–water partition coefficient (Wildman–Crippen LogP) is 1.70. The molecule has 0 radical (unpaired) electrons. The summed E-state index contributed by atoms with van der Waals surface area (Å²) in [6.07, 6.45) is 0. The Labute approximate surface area is 82.5 Å². The van der Waals surface area contributed by atoms with E-state index in [9.17, 15) is 0 Å². The first-order valence-corrected chi connectivity index (χ1v) is 5.22. The van der Waals surface area contributed by atoms with Crippen LogP contribution in [-0.2, 0) is 0 Å². The monoisotopic (exact) mass is 184 g/mol. The molecule has 1 fully saturated rings. The number of hydrogen-bond acceptors (Lipinski definition) is 2. The molecular weight excluding hydrogens is 160 g/mol. The van der Waals surface area contributed by atoms with Gasteiger partial charge in [0.15, 0.2) is 0 Å². The smallest absolute Gasteiger partial charge is 0.0125 e. The summed E-state index contributed by atoms with van der Waals surface area (Å²) in [6.45, 7) is 14.7. The van der Waals surface area contributed by atoms with Crippen LogP contribution >= 0.6 is 0 Å². The molecule has 2 nitrogen and oxygen atoms in total. The Bertz CT molecular complexity index is 179. The number of nitrogens with zero attached hydrogens (tertiary/aromatic N) is 1. The summed E-state index contributed by atoms with van der Waals surface area (Å²) in [7, 11) is 0. The van der Waals surface area contributed by atoms with Crippen molar-refractivity contribution < 1.29 is 0 Å². The zero-order valence-electron chi connectivity index (χ0n) is 9.72. The summed E-state index contributed by atoms with van der Waals surface area (Å²) in [5.41, 5.74) is 6.47. The van der Waals surface area contributed by atoms with E-state index >= 15 is 0 Å². The van der Waals surface area contributed by atoms with Gasteiger partial charge < -0.3 is 5.73 Å². The summed E-state index contributed by atoms with van der Waals surface area (Å²) in [5.74, 6) is 0.659. The van der Waals surface area contributed by atoms with Crippen molar-refractivity contribution in [3.05, 3.63) is 0 Å². The van der Waals surface area contributed by atoms with Crippen LogP contribution in [0.4, 0.5) is 0 Å². The van der Waals surface area contributed by atoms with E-state index < -0.39 is 0 Å². The van der Waals surface area contributed by atoms with E-state index in [2.05, 4.69) is 39.5 Å². The van der Waals surface area contributed by atoms with Crippen molar-refractivity contribution in [2.45, 2.75) is 40.2 Å². The van der Waals surface area contributed by atoms with Gasteiger partial charge >= 0.3 is 0 Å². The van der Waals surface area contributed by atoms with Gasteiger partial charge in [-0.3, -0.25) is 4.90 Å². The van der Waals surface area contributed by atoms with Crippen molar-refractivity contribution in [1.82, 2.24) is 4.90 Å². The first-order chi connectivity index (χ1) is 5.77. The Morgan fingerprint density at radius 2 is 1.92 bits per heavy atom. The van der Waals surface area contributed by atoms with Crippen LogP contribution < -0.4 is 5.73 Å². The molecule has 1 aliphatic rings. The minimum absolute atomic E-state index is 0.293. The standard InChI is InChI=1S/C11H24N2/c1-10(2,3)13-7-9(6-12)11(4,5)8-13/h9H,6-8,12H2,1-5H3. The van der Waals surface area contributed by atoms with E-state index in [-0.39, 0.29) is 0 Å². The second-order valence-corrected chi connectivity index (χ2v) is 5.97. The van der Waals surface area contributed by atoms with Gasteiger partial charge in [0.2, 0.25) is 0 Å². The van der Waals surface area contributed by atoms with Gasteiger partial charge in [-0.15, -0.1) is 0 Å². The molecule has 1 unspecified atom stereocenters. The highest BCUT2D eigenvalue weighted by atomic mass is 15.2. The lowest BCUT2D eigenvalue weighted by molar-refractivity contribution is 0.157. The Kier molecular flexibility index (Phi) is 2.75. The van der Waals surface area contributed by atoms with Crippen LogP contribution in [0, 0.1) is 11.3 Å². The lowest BCUT2D eigenvalue weighted by Gasteiger charge is -2.32. The molecule has 0 aromatic rings. The van der Waals surface area contributed by atoms with Crippen LogP contribution in [0.1, 0.15) is 34.6 Å². The molecule has 0 saturated carbocycles. The summed E-state index contributed by atoms with van der Waals surface area (Å²) >= 11 is 0. The second-order valence-electron chi connectivity index (χ2n) is 5.97. The van der Waals surface area contributed by atoms with Crippen molar-refractivity contribution in [3.63, 3.8) is 0 Å². The summed E-state index contributed by atoms with van der Waals surface area (Å²) in [4.78, 5) is 2.55. The lowest BCUT2D eigenvalue weighted by atomic mass is 9.82. The summed E-state index contributed by atoms with van der Waals surface area (Å²) < 4.78 is 0. The molecule has 0 amide bonds. The first kappa shape index (κ1) is 11.0. The lowest BCUT2D eigenvalue weighted by Crippen LogP contribution is -2.40.